The van der Waals surface area contributed by atoms with Crippen molar-refractivity contribution in [1.82, 2.24) is 10.2 Å². The number of nitrogens with one attached hydrogen (secondary N) is 1. The summed E-state index contributed by atoms with van der Waals surface area (Å²) in [6, 6.07) is 13.2. The fraction of sp³-hybridized carbons (Fsp3) is 0.421. The van der Waals surface area contributed by atoms with Gasteiger partial charge in [0.25, 0.3) is 0 Å². The lowest BCUT2D eigenvalue weighted by Crippen LogP contribution is -2.38. The van der Waals surface area contributed by atoms with Crippen LogP contribution in [0.5, 0.6) is 0 Å². The van der Waals surface area contributed by atoms with Crippen LogP contribution in [0, 0.1) is 0 Å². The summed E-state index contributed by atoms with van der Waals surface area (Å²) in [4.78, 5) is 15.7. The maximum atomic E-state index is 12.2. The van der Waals surface area contributed by atoms with Crippen LogP contribution in [0.3, 0.4) is 0 Å². The Morgan fingerprint density at radius 1 is 1.30 bits per heavy atom. The molecular weight excluding hydrogens is 304 g/mol. The average Bonchev–Trinajstić information content (AvgIpc) is 3.07. The summed E-state index contributed by atoms with van der Waals surface area (Å²) in [5.74, 6) is 0.118. The quantitative estimate of drug-likeness (QED) is 0.881. The summed E-state index contributed by atoms with van der Waals surface area (Å²) < 4.78 is 0. The van der Waals surface area contributed by atoms with Gasteiger partial charge in [-0.05, 0) is 55.3 Å². The van der Waals surface area contributed by atoms with Crippen LogP contribution >= 0.6 is 11.3 Å². The molecule has 122 valence electrons. The van der Waals surface area contributed by atoms with Gasteiger partial charge in [-0.15, -0.1) is 11.3 Å². The molecule has 1 N–H and O–H groups in total. The van der Waals surface area contributed by atoms with Gasteiger partial charge < -0.3 is 5.32 Å². The SMILES string of the molecule is CN(CC(=O)NCCc1cccs1)[C@H]1CCCc2ccccc21. The lowest BCUT2D eigenvalue weighted by atomic mass is 9.87. The number of fused-ring (bicyclic) bond motifs is 1. The minimum atomic E-state index is 0.118. The van der Waals surface area contributed by atoms with Crippen LogP contribution in [0.4, 0.5) is 0 Å². The van der Waals surface area contributed by atoms with E-state index < -0.39 is 0 Å². The second-order valence-corrected chi connectivity index (χ2v) is 7.23. The van der Waals surface area contributed by atoms with E-state index in [0.717, 1.165) is 19.3 Å². The normalized spacial score (nSPS) is 17.0. The number of carbonyl (C=O) groups excluding carboxylic acids is 1. The second kappa shape index (κ2) is 7.75. The van der Waals surface area contributed by atoms with Crippen molar-refractivity contribution in [2.45, 2.75) is 31.7 Å². The van der Waals surface area contributed by atoms with Crippen molar-refractivity contribution >= 4 is 17.2 Å². The summed E-state index contributed by atoms with van der Waals surface area (Å²) in [5.41, 5.74) is 2.83. The molecule has 3 rings (SSSR count). The predicted octanol–water partition coefficient (Wildman–Crippen LogP) is 3.42. The Morgan fingerprint density at radius 3 is 3.00 bits per heavy atom. The molecule has 1 atom stereocenters. The molecule has 0 saturated heterocycles. The summed E-state index contributed by atoms with van der Waals surface area (Å²) in [7, 11) is 2.06. The highest BCUT2D eigenvalue weighted by Gasteiger charge is 2.24. The lowest BCUT2D eigenvalue weighted by Gasteiger charge is -2.32. The van der Waals surface area contributed by atoms with Gasteiger partial charge in [-0.25, -0.2) is 0 Å². The molecular formula is C19H24N2OS. The highest BCUT2D eigenvalue weighted by molar-refractivity contribution is 7.09. The van der Waals surface area contributed by atoms with Gasteiger partial charge in [0.15, 0.2) is 0 Å². The molecule has 0 bridgehead atoms. The third-order valence-electron chi connectivity index (χ3n) is 4.54. The first-order chi connectivity index (χ1) is 11.2. The fourth-order valence-electron chi connectivity index (χ4n) is 3.36. The molecule has 1 aromatic carbocycles. The molecule has 1 aliphatic rings. The number of amides is 1. The number of hydrogen-bond acceptors (Lipinski definition) is 3. The standard InChI is InChI=1S/C19H24N2OS/c1-21(14-19(22)20-12-11-16-8-5-13-23-16)18-10-4-7-15-6-2-3-9-17(15)18/h2-3,5-6,8-9,13,18H,4,7,10-12,14H2,1H3,(H,20,22)/t18-/m0/s1. The Balaban J connectivity index is 1.51. The van der Waals surface area contributed by atoms with Crippen LogP contribution in [0.1, 0.15) is 34.9 Å². The molecule has 0 fully saturated rings. The van der Waals surface area contributed by atoms with Gasteiger partial charge in [0.05, 0.1) is 6.54 Å². The van der Waals surface area contributed by atoms with Gasteiger partial charge in [-0.2, -0.15) is 0 Å². The summed E-state index contributed by atoms with van der Waals surface area (Å²) in [6.07, 6.45) is 4.41. The third kappa shape index (κ3) is 4.21. The van der Waals surface area contributed by atoms with Crippen molar-refractivity contribution in [3.8, 4) is 0 Å². The minimum absolute atomic E-state index is 0.118. The Labute approximate surface area is 142 Å². The van der Waals surface area contributed by atoms with E-state index in [4.69, 9.17) is 0 Å². The van der Waals surface area contributed by atoms with Gasteiger partial charge in [0.2, 0.25) is 5.91 Å². The lowest BCUT2D eigenvalue weighted by molar-refractivity contribution is -0.122. The Morgan fingerprint density at radius 2 is 2.17 bits per heavy atom. The minimum Gasteiger partial charge on any atom is -0.355 e. The summed E-state index contributed by atoms with van der Waals surface area (Å²) >= 11 is 1.74. The van der Waals surface area contributed by atoms with Gasteiger partial charge in [0.1, 0.15) is 0 Å². The molecule has 0 saturated carbocycles. The zero-order valence-corrected chi connectivity index (χ0v) is 14.4. The molecule has 4 heteroatoms. The smallest absolute Gasteiger partial charge is 0.234 e. The zero-order valence-electron chi connectivity index (χ0n) is 13.6. The van der Waals surface area contributed by atoms with Crippen molar-refractivity contribution in [3.05, 3.63) is 57.8 Å². The van der Waals surface area contributed by atoms with Gasteiger partial charge in [0, 0.05) is 17.5 Å². The molecule has 23 heavy (non-hydrogen) atoms. The Hall–Kier alpha value is -1.65. The first-order valence-electron chi connectivity index (χ1n) is 8.31. The third-order valence-corrected chi connectivity index (χ3v) is 5.47. The highest BCUT2D eigenvalue weighted by Crippen LogP contribution is 2.33. The van der Waals surface area contributed by atoms with E-state index in [9.17, 15) is 4.79 Å². The first-order valence-corrected chi connectivity index (χ1v) is 9.19. The van der Waals surface area contributed by atoms with Crippen LogP contribution in [-0.2, 0) is 17.6 Å². The van der Waals surface area contributed by atoms with Crippen LogP contribution in [-0.4, -0.2) is 30.9 Å². The van der Waals surface area contributed by atoms with Crippen molar-refractivity contribution in [2.75, 3.05) is 20.1 Å². The molecule has 1 aromatic heterocycles. The number of hydrogen-bond donors (Lipinski definition) is 1. The molecule has 1 aliphatic carbocycles. The molecule has 3 nitrogen and oxygen atoms in total. The summed E-state index contributed by atoms with van der Waals surface area (Å²) in [5, 5.41) is 5.12. The molecule has 0 unspecified atom stereocenters. The second-order valence-electron chi connectivity index (χ2n) is 6.20. The molecule has 0 radical (unpaired) electrons. The van der Waals surface area contributed by atoms with Crippen molar-refractivity contribution in [2.24, 2.45) is 0 Å². The van der Waals surface area contributed by atoms with E-state index >= 15 is 0 Å². The van der Waals surface area contributed by atoms with E-state index in [1.54, 1.807) is 11.3 Å². The van der Waals surface area contributed by atoms with Crippen LogP contribution in [0.25, 0.3) is 0 Å². The predicted molar refractivity (Wildman–Crippen MR) is 95.8 cm³/mol. The number of likely N-dealkylation sites (N-methyl/N-ethyl adjacent to an activating group) is 1. The number of carbonyl (C=O) groups is 1. The topological polar surface area (TPSA) is 32.3 Å². The largest absolute Gasteiger partial charge is 0.355 e. The molecule has 2 aromatic rings. The molecule has 1 heterocycles. The zero-order chi connectivity index (χ0) is 16.1. The van der Waals surface area contributed by atoms with Gasteiger partial charge in [-0.3, -0.25) is 9.69 Å². The number of rotatable bonds is 6. The van der Waals surface area contributed by atoms with Crippen LogP contribution < -0.4 is 5.32 Å². The number of nitrogens with zero attached hydrogens (tertiary/aromatic N) is 1. The number of aryl methyl sites for hydroxylation is 1. The van der Waals surface area contributed by atoms with Crippen LogP contribution in [0.2, 0.25) is 0 Å². The maximum Gasteiger partial charge on any atom is 0.234 e. The van der Waals surface area contributed by atoms with E-state index in [0.29, 0.717) is 19.1 Å². The Kier molecular flexibility index (Phi) is 5.47. The van der Waals surface area contributed by atoms with E-state index in [1.165, 1.54) is 22.4 Å². The van der Waals surface area contributed by atoms with Gasteiger partial charge >= 0.3 is 0 Å². The van der Waals surface area contributed by atoms with E-state index in [1.807, 2.05) is 0 Å². The molecule has 0 spiro atoms. The fourth-order valence-corrected chi connectivity index (χ4v) is 4.07. The Bertz CT molecular complexity index is 639. The van der Waals surface area contributed by atoms with Gasteiger partial charge in [-0.1, -0.05) is 30.3 Å². The monoisotopic (exact) mass is 328 g/mol. The van der Waals surface area contributed by atoms with Crippen LogP contribution in [0.15, 0.2) is 41.8 Å². The average molecular weight is 328 g/mol. The highest BCUT2D eigenvalue weighted by atomic mass is 32.1. The number of benzene rings is 1. The molecule has 0 aliphatic heterocycles. The van der Waals surface area contributed by atoms with E-state index in [2.05, 4.69) is 59.0 Å². The maximum absolute atomic E-state index is 12.2. The number of thiophene rings is 1. The summed E-state index contributed by atoms with van der Waals surface area (Å²) in [6.45, 7) is 1.18. The van der Waals surface area contributed by atoms with Crippen molar-refractivity contribution in [3.63, 3.8) is 0 Å². The van der Waals surface area contributed by atoms with Crippen molar-refractivity contribution < 1.29 is 4.79 Å². The van der Waals surface area contributed by atoms with Crippen molar-refractivity contribution in [1.29, 1.82) is 0 Å². The molecule has 1 amide bonds. The first kappa shape index (κ1) is 16.2. The van der Waals surface area contributed by atoms with E-state index in [-0.39, 0.29) is 5.91 Å².